The van der Waals surface area contributed by atoms with Crippen molar-refractivity contribution in [3.8, 4) is 33.6 Å². The number of aromatic nitrogens is 2. The van der Waals surface area contributed by atoms with E-state index >= 15 is 0 Å². The van der Waals surface area contributed by atoms with Gasteiger partial charge in [0.15, 0.2) is 25.5 Å². The van der Waals surface area contributed by atoms with E-state index < -0.39 is 0 Å². The third kappa shape index (κ3) is 3.85. The second-order valence-corrected chi connectivity index (χ2v) is 11.5. The van der Waals surface area contributed by atoms with E-state index in [9.17, 15) is 0 Å². The fourth-order valence-electron chi connectivity index (χ4n) is 6.33. The number of thiophene rings is 1. The number of hydrogen-bond acceptors (Lipinski definition) is 1. The maximum absolute atomic E-state index is 2.47. The van der Waals surface area contributed by atoms with Crippen molar-refractivity contribution in [2.45, 2.75) is 25.9 Å². The number of hydrogen-bond donors (Lipinski definition) is 0. The average Bonchev–Trinajstić information content (AvgIpc) is 3.49. The van der Waals surface area contributed by atoms with Crippen LogP contribution < -0.4 is 9.13 Å². The maximum atomic E-state index is 2.47. The highest BCUT2D eigenvalue weighted by molar-refractivity contribution is 7.11. The van der Waals surface area contributed by atoms with Gasteiger partial charge in [0.1, 0.15) is 0 Å². The molecule has 5 heterocycles. The first kappa shape index (κ1) is 22.6. The van der Waals surface area contributed by atoms with Crippen LogP contribution >= 0.6 is 11.3 Å². The molecule has 0 radical (unpaired) electrons. The van der Waals surface area contributed by atoms with E-state index in [-0.39, 0.29) is 0 Å². The molecule has 0 saturated heterocycles. The Kier molecular flexibility index (Phi) is 5.31. The van der Waals surface area contributed by atoms with E-state index in [2.05, 4.69) is 130 Å². The van der Waals surface area contributed by atoms with Gasteiger partial charge < -0.3 is 0 Å². The quantitative estimate of drug-likeness (QED) is 0.211. The molecule has 0 bridgehead atoms. The Labute approximate surface area is 232 Å². The van der Waals surface area contributed by atoms with E-state index in [1.807, 2.05) is 0 Å². The molecule has 3 heteroatoms. The fraction of sp³-hybridized carbons (Fsp3) is 0.111. The largest absolute Gasteiger partial charge is 0.221 e. The standard InChI is InChI=1S/C36H28N2S/c1-2-6-26(7-3-1)30-23-31(39-24-30)13-10-25-14-18-37-19-16-28-11-12-29-17-21-38-20-15-27-8-4-5-9-32(27)36(38)35(29)34(28)33(37)22-25/h1-15,18,20,22-24H,16-17,19,21H2/q+2/b13-10+. The van der Waals surface area contributed by atoms with Crippen LogP contribution in [-0.4, -0.2) is 0 Å². The van der Waals surface area contributed by atoms with Gasteiger partial charge in [-0.3, -0.25) is 0 Å². The van der Waals surface area contributed by atoms with Gasteiger partial charge in [-0.05, 0) is 56.8 Å². The van der Waals surface area contributed by atoms with Crippen LogP contribution in [0, 0.1) is 0 Å². The van der Waals surface area contributed by atoms with Crippen molar-refractivity contribution in [1.29, 1.82) is 0 Å². The highest BCUT2D eigenvalue weighted by Crippen LogP contribution is 2.41. The van der Waals surface area contributed by atoms with Crippen LogP contribution in [-0.2, 0) is 25.9 Å². The third-order valence-corrected chi connectivity index (χ3v) is 9.18. The molecule has 0 N–H and O–H groups in total. The van der Waals surface area contributed by atoms with Gasteiger partial charge in [-0.25, -0.2) is 0 Å². The Morgan fingerprint density at radius 1 is 0.641 bits per heavy atom. The van der Waals surface area contributed by atoms with Crippen LogP contribution in [0.2, 0.25) is 0 Å². The molecule has 0 saturated carbocycles. The number of fused-ring (bicyclic) bond motifs is 9. The van der Waals surface area contributed by atoms with Crippen LogP contribution in [0.5, 0.6) is 0 Å². The second kappa shape index (κ2) is 9.14. The summed E-state index contributed by atoms with van der Waals surface area (Å²) in [5.41, 5.74) is 12.3. The van der Waals surface area contributed by atoms with Crippen molar-refractivity contribution >= 4 is 34.3 Å². The lowest BCUT2D eigenvalue weighted by molar-refractivity contribution is -0.689. The first-order valence-corrected chi connectivity index (χ1v) is 14.6. The number of pyridine rings is 2. The van der Waals surface area contributed by atoms with Crippen molar-refractivity contribution < 1.29 is 9.13 Å². The summed E-state index contributed by atoms with van der Waals surface area (Å²) in [4.78, 5) is 1.27. The monoisotopic (exact) mass is 520 g/mol. The molecule has 0 aliphatic carbocycles. The van der Waals surface area contributed by atoms with E-state index in [4.69, 9.17) is 0 Å². The zero-order valence-corrected chi connectivity index (χ0v) is 22.5. The summed E-state index contributed by atoms with van der Waals surface area (Å²) in [5, 5.41) is 4.90. The number of aryl methyl sites for hydroxylation is 4. The van der Waals surface area contributed by atoms with Gasteiger partial charge in [0, 0.05) is 35.9 Å². The molecule has 3 aromatic carbocycles. The molecule has 2 aliphatic rings. The van der Waals surface area contributed by atoms with Gasteiger partial charge in [0.05, 0.1) is 16.5 Å². The topological polar surface area (TPSA) is 7.76 Å². The minimum atomic E-state index is 1.02. The minimum Gasteiger partial charge on any atom is -0.198 e. The Balaban J connectivity index is 1.24. The lowest BCUT2D eigenvalue weighted by atomic mass is 9.83. The Morgan fingerprint density at radius 2 is 1.41 bits per heavy atom. The molecule has 2 nitrogen and oxygen atoms in total. The highest BCUT2D eigenvalue weighted by Gasteiger charge is 2.34. The Morgan fingerprint density at radius 3 is 2.31 bits per heavy atom. The van der Waals surface area contributed by atoms with Crippen LogP contribution in [0.3, 0.4) is 0 Å². The van der Waals surface area contributed by atoms with Crippen LogP contribution in [0.15, 0.2) is 109 Å². The molecule has 2 aliphatic heterocycles. The molecule has 8 rings (SSSR count). The molecule has 0 amide bonds. The molecular formula is C36H28N2S+2. The summed E-state index contributed by atoms with van der Waals surface area (Å²) in [6.45, 7) is 2.05. The number of nitrogens with zero attached hydrogens (tertiary/aromatic N) is 2. The zero-order chi connectivity index (χ0) is 25.8. The molecule has 0 spiro atoms. The smallest absolute Gasteiger partial charge is 0.198 e. The van der Waals surface area contributed by atoms with Crippen molar-refractivity contribution in [3.63, 3.8) is 0 Å². The van der Waals surface area contributed by atoms with E-state index in [1.54, 1.807) is 11.3 Å². The van der Waals surface area contributed by atoms with Crippen LogP contribution in [0.25, 0.3) is 56.6 Å². The molecule has 39 heavy (non-hydrogen) atoms. The summed E-state index contributed by atoms with van der Waals surface area (Å²) < 4.78 is 4.91. The third-order valence-electron chi connectivity index (χ3n) is 8.28. The summed E-state index contributed by atoms with van der Waals surface area (Å²) >= 11 is 1.80. The van der Waals surface area contributed by atoms with E-state index in [0.29, 0.717) is 0 Å². The van der Waals surface area contributed by atoms with Gasteiger partial charge in [-0.1, -0.05) is 66.7 Å². The molecular weight excluding hydrogens is 492 g/mol. The normalized spacial score (nSPS) is 13.6. The molecule has 0 unspecified atom stereocenters. The van der Waals surface area contributed by atoms with Crippen molar-refractivity contribution in [2.75, 3.05) is 0 Å². The van der Waals surface area contributed by atoms with Crippen LogP contribution in [0.4, 0.5) is 0 Å². The van der Waals surface area contributed by atoms with Crippen LogP contribution in [0.1, 0.15) is 21.6 Å². The number of rotatable bonds is 3. The molecule has 3 aromatic heterocycles. The SMILES string of the molecule is C(=C\c1cc(-c2ccccc2)cs1)/c1cc[n+]2c(c1)-c1c(ccc3c1-c1c4ccccc4cc[n+]1CC3)CC2. The fourth-order valence-corrected chi connectivity index (χ4v) is 7.14. The Hall–Kier alpha value is -4.34. The van der Waals surface area contributed by atoms with Gasteiger partial charge in [-0.2, -0.15) is 9.13 Å². The lowest BCUT2D eigenvalue weighted by Gasteiger charge is -2.23. The van der Waals surface area contributed by atoms with Crippen molar-refractivity contribution in [2.24, 2.45) is 0 Å². The molecule has 6 aromatic rings. The van der Waals surface area contributed by atoms with Crippen molar-refractivity contribution in [3.05, 3.63) is 130 Å². The first-order valence-electron chi connectivity index (χ1n) is 13.7. The van der Waals surface area contributed by atoms with Gasteiger partial charge in [-0.15, -0.1) is 11.3 Å². The van der Waals surface area contributed by atoms with Gasteiger partial charge in [0.2, 0.25) is 11.4 Å². The van der Waals surface area contributed by atoms with Crippen molar-refractivity contribution in [1.82, 2.24) is 0 Å². The molecule has 0 atom stereocenters. The van der Waals surface area contributed by atoms with E-state index in [1.165, 1.54) is 66.0 Å². The minimum absolute atomic E-state index is 1.02. The maximum Gasteiger partial charge on any atom is 0.221 e. The Bertz CT molecular complexity index is 1910. The predicted molar refractivity (Wildman–Crippen MR) is 161 cm³/mol. The summed E-state index contributed by atoms with van der Waals surface area (Å²) in [6, 6.07) is 33.4. The predicted octanol–water partition coefficient (Wildman–Crippen LogP) is 7.76. The van der Waals surface area contributed by atoms with Gasteiger partial charge in [0.25, 0.3) is 0 Å². The molecule has 0 fully saturated rings. The lowest BCUT2D eigenvalue weighted by Crippen LogP contribution is -2.43. The first-order chi connectivity index (χ1) is 19.3. The van der Waals surface area contributed by atoms with Gasteiger partial charge >= 0.3 is 0 Å². The number of benzene rings is 3. The van der Waals surface area contributed by atoms with E-state index in [0.717, 1.165) is 25.9 Å². The summed E-state index contributed by atoms with van der Waals surface area (Å²) in [5.74, 6) is 0. The summed E-state index contributed by atoms with van der Waals surface area (Å²) in [6.07, 6.45) is 11.2. The average molecular weight is 521 g/mol. The zero-order valence-electron chi connectivity index (χ0n) is 21.7. The highest BCUT2D eigenvalue weighted by atomic mass is 32.1. The second-order valence-electron chi connectivity index (χ2n) is 10.6. The molecule has 186 valence electrons. The summed E-state index contributed by atoms with van der Waals surface area (Å²) in [7, 11) is 0.